The van der Waals surface area contributed by atoms with Crippen LogP contribution in [-0.2, 0) is 25.5 Å². The lowest BCUT2D eigenvalue weighted by Gasteiger charge is -2.26. The third-order valence-electron chi connectivity index (χ3n) is 5.18. The summed E-state index contributed by atoms with van der Waals surface area (Å²) >= 11 is 3.20. The Kier molecular flexibility index (Phi) is 9.13. The molecule has 2 aromatic rings. The van der Waals surface area contributed by atoms with Gasteiger partial charge in [-0.25, -0.2) is 0 Å². The monoisotopic (exact) mass is 476 g/mol. The number of carboxylic acids is 1. The van der Waals surface area contributed by atoms with Crippen molar-refractivity contribution >= 4 is 40.9 Å². The lowest BCUT2D eigenvalue weighted by Crippen LogP contribution is -2.53. The van der Waals surface area contributed by atoms with Gasteiger partial charge in [-0.05, 0) is 36.8 Å². The van der Waals surface area contributed by atoms with Crippen LogP contribution in [0.5, 0.6) is 0 Å². The van der Waals surface area contributed by atoms with Gasteiger partial charge in [0.15, 0.2) is 0 Å². The van der Waals surface area contributed by atoms with Gasteiger partial charge in [-0.15, -0.1) is 23.1 Å². The van der Waals surface area contributed by atoms with Gasteiger partial charge in [0, 0.05) is 17.2 Å². The molecule has 3 atom stereocenters. The minimum atomic E-state index is -1.06. The molecule has 1 amide bonds. The van der Waals surface area contributed by atoms with Crippen LogP contribution >= 0.6 is 23.1 Å². The van der Waals surface area contributed by atoms with Crippen LogP contribution < -0.4 is 5.32 Å². The summed E-state index contributed by atoms with van der Waals surface area (Å²) < 4.78 is 5.25. The maximum absolute atomic E-state index is 13.2. The van der Waals surface area contributed by atoms with Crippen LogP contribution in [0.2, 0.25) is 0 Å². The number of amides is 1. The Labute approximate surface area is 196 Å². The summed E-state index contributed by atoms with van der Waals surface area (Å²) in [6, 6.07) is 12.4. The number of esters is 1. The summed E-state index contributed by atoms with van der Waals surface area (Å²) in [7, 11) is 0. The normalized spacial score (nSPS) is 19.9. The highest BCUT2D eigenvalue weighted by Crippen LogP contribution is 2.35. The molecule has 7 nitrogen and oxygen atoms in total. The molecule has 2 N–H and O–H groups in total. The molecular weight excluding hydrogens is 448 g/mol. The second-order valence-corrected chi connectivity index (χ2v) is 9.71. The van der Waals surface area contributed by atoms with Crippen molar-refractivity contribution in [3.05, 3.63) is 58.3 Å². The van der Waals surface area contributed by atoms with Gasteiger partial charge in [0.25, 0.3) is 0 Å². The number of thiophene rings is 1. The summed E-state index contributed by atoms with van der Waals surface area (Å²) in [6.45, 7) is 1.95. The second-order valence-electron chi connectivity index (χ2n) is 7.50. The molecule has 1 aliphatic heterocycles. The second kappa shape index (κ2) is 12.0. The first kappa shape index (κ1) is 24.3. The minimum Gasteiger partial charge on any atom is -0.480 e. The molecule has 32 heavy (non-hydrogen) atoms. The number of hydrogen-bond donors (Lipinski definition) is 2. The van der Waals surface area contributed by atoms with Crippen LogP contribution in [0.25, 0.3) is 0 Å². The maximum atomic E-state index is 13.2. The molecule has 1 aromatic heterocycles. The molecule has 2 heterocycles. The molecule has 3 rings (SSSR count). The minimum absolute atomic E-state index is 0.00420. The first-order chi connectivity index (χ1) is 15.5. The van der Waals surface area contributed by atoms with Gasteiger partial charge < -0.3 is 14.7 Å². The van der Waals surface area contributed by atoms with Gasteiger partial charge in [0.2, 0.25) is 5.91 Å². The molecule has 0 saturated carbocycles. The van der Waals surface area contributed by atoms with Crippen molar-refractivity contribution in [2.24, 2.45) is 0 Å². The van der Waals surface area contributed by atoms with E-state index in [-0.39, 0.29) is 24.3 Å². The van der Waals surface area contributed by atoms with Crippen molar-refractivity contribution in [2.45, 2.75) is 37.1 Å². The van der Waals surface area contributed by atoms with E-state index in [1.54, 1.807) is 30.0 Å². The first-order valence-corrected chi connectivity index (χ1v) is 12.5. The number of ether oxygens (including phenoxy) is 1. The predicted molar refractivity (Wildman–Crippen MR) is 126 cm³/mol. The Bertz CT molecular complexity index is 891. The number of carboxylic acid groups (broad SMARTS) is 1. The highest BCUT2D eigenvalue weighted by atomic mass is 32.2. The zero-order valence-corrected chi connectivity index (χ0v) is 19.6. The molecule has 172 valence electrons. The van der Waals surface area contributed by atoms with Crippen LogP contribution in [0.15, 0.2) is 47.8 Å². The van der Waals surface area contributed by atoms with Gasteiger partial charge in [-0.3, -0.25) is 19.7 Å². The molecular formula is C23H28N2O5S2. The van der Waals surface area contributed by atoms with E-state index in [4.69, 9.17) is 4.74 Å². The Morgan fingerprint density at radius 1 is 1.25 bits per heavy atom. The lowest BCUT2D eigenvalue weighted by molar-refractivity contribution is -0.148. The number of aryl methyl sites for hydroxylation is 1. The standard InChI is InChI=1S/C23H28N2O5S2/c1-2-30-23(29)17(11-10-16-7-4-3-5-8-16)24-18-15-32-20(19-9-6-12-31-19)13-25(22(18)28)14-21(26)27/h3-9,12,17-18,20,24H,2,10-11,13-15H2,1H3,(H,26,27)/t17-,18?,20?/m0/s1. The Hall–Kier alpha value is -2.36. The molecule has 1 fully saturated rings. The number of rotatable bonds is 10. The van der Waals surface area contributed by atoms with Crippen LogP contribution in [0.1, 0.15) is 29.0 Å². The number of thioether (sulfide) groups is 1. The largest absolute Gasteiger partial charge is 0.480 e. The van der Waals surface area contributed by atoms with E-state index in [0.29, 0.717) is 25.1 Å². The number of carbonyl (C=O) groups excluding carboxylic acids is 2. The highest BCUT2D eigenvalue weighted by molar-refractivity contribution is 7.99. The molecule has 1 aliphatic rings. The quantitative estimate of drug-likeness (QED) is 0.509. The molecule has 0 radical (unpaired) electrons. The number of aliphatic carboxylic acids is 1. The van der Waals surface area contributed by atoms with Crippen molar-refractivity contribution in [1.82, 2.24) is 10.2 Å². The third kappa shape index (κ3) is 6.82. The number of nitrogens with zero attached hydrogens (tertiary/aromatic N) is 1. The fourth-order valence-corrected chi connectivity index (χ4v) is 5.89. The molecule has 0 spiro atoms. The zero-order valence-electron chi connectivity index (χ0n) is 17.9. The smallest absolute Gasteiger partial charge is 0.323 e. The van der Waals surface area contributed by atoms with E-state index in [1.165, 1.54) is 4.90 Å². The van der Waals surface area contributed by atoms with Gasteiger partial charge >= 0.3 is 11.9 Å². The topological polar surface area (TPSA) is 95.9 Å². The highest BCUT2D eigenvalue weighted by Gasteiger charge is 2.36. The molecule has 1 aromatic carbocycles. The van der Waals surface area contributed by atoms with Crippen molar-refractivity contribution < 1.29 is 24.2 Å². The maximum Gasteiger partial charge on any atom is 0.323 e. The van der Waals surface area contributed by atoms with E-state index < -0.39 is 24.0 Å². The van der Waals surface area contributed by atoms with Gasteiger partial charge in [-0.2, -0.15) is 0 Å². The van der Waals surface area contributed by atoms with E-state index in [0.717, 1.165) is 10.4 Å². The van der Waals surface area contributed by atoms with E-state index in [9.17, 15) is 19.5 Å². The fraction of sp³-hybridized carbons (Fsp3) is 0.435. The van der Waals surface area contributed by atoms with Gasteiger partial charge in [-0.1, -0.05) is 36.4 Å². The molecule has 1 saturated heterocycles. The Balaban J connectivity index is 1.75. The number of hydrogen-bond acceptors (Lipinski definition) is 7. The van der Waals surface area contributed by atoms with Gasteiger partial charge in [0.1, 0.15) is 12.6 Å². The number of carbonyl (C=O) groups is 3. The van der Waals surface area contributed by atoms with E-state index >= 15 is 0 Å². The summed E-state index contributed by atoms with van der Waals surface area (Å²) in [4.78, 5) is 39.7. The third-order valence-corrected chi connectivity index (χ3v) is 7.65. The molecule has 0 bridgehead atoms. The van der Waals surface area contributed by atoms with Crippen molar-refractivity contribution in [3.63, 3.8) is 0 Å². The van der Waals surface area contributed by atoms with Crippen LogP contribution in [0.3, 0.4) is 0 Å². The summed E-state index contributed by atoms with van der Waals surface area (Å²) in [5.74, 6) is -1.31. The van der Waals surface area contributed by atoms with Gasteiger partial charge in [0.05, 0.1) is 17.9 Å². The van der Waals surface area contributed by atoms with Crippen LogP contribution in [0, 0.1) is 0 Å². The molecule has 0 aliphatic carbocycles. The average Bonchev–Trinajstić information content (AvgIpc) is 3.27. The van der Waals surface area contributed by atoms with Crippen LogP contribution in [-0.4, -0.2) is 65.4 Å². The molecule has 9 heteroatoms. The predicted octanol–water partition coefficient (Wildman–Crippen LogP) is 2.97. The van der Waals surface area contributed by atoms with E-state index in [2.05, 4.69) is 5.32 Å². The van der Waals surface area contributed by atoms with Crippen LogP contribution in [0.4, 0.5) is 0 Å². The Morgan fingerprint density at radius 2 is 2.03 bits per heavy atom. The number of benzene rings is 1. The Morgan fingerprint density at radius 3 is 2.69 bits per heavy atom. The average molecular weight is 477 g/mol. The number of nitrogens with one attached hydrogen (secondary N) is 1. The van der Waals surface area contributed by atoms with E-state index in [1.807, 2.05) is 47.8 Å². The SMILES string of the molecule is CCOC(=O)[C@H](CCc1ccccc1)NC1CSC(c2cccs2)CN(CC(=O)O)C1=O. The zero-order chi connectivity index (χ0) is 22.9. The molecule has 2 unspecified atom stereocenters. The summed E-state index contributed by atoms with van der Waals surface area (Å²) in [5.41, 5.74) is 1.09. The summed E-state index contributed by atoms with van der Waals surface area (Å²) in [5, 5.41) is 14.5. The first-order valence-electron chi connectivity index (χ1n) is 10.6. The van der Waals surface area contributed by atoms with Crippen molar-refractivity contribution in [2.75, 3.05) is 25.4 Å². The lowest BCUT2D eigenvalue weighted by atomic mass is 10.0. The van der Waals surface area contributed by atoms with Crippen molar-refractivity contribution in [1.29, 1.82) is 0 Å². The van der Waals surface area contributed by atoms with Crippen molar-refractivity contribution in [3.8, 4) is 0 Å². The fourth-order valence-electron chi connectivity index (χ4n) is 3.63. The summed E-state index contributed by atoms with van der Waals surface area (Å²) in [6.07, 6.45) is 1.13.